The van der Waals surface area contributed by atoms with Gasteiger partial charge in [0.25, 0.3) is 0 Å². The number of hydrogen-bond acceptors (Lipinski definition) is 10. The zero-order valence-electron chi connectivity index (χ0n) is 22.1. The summed E-state index contributed by atoms with van der Waals surface area (Å²) >= 11 is 6.84. The molecule has 0 radical (unpaired) electrons. The molecule has 12 nitrogen and oxygen atoms in total. The summed E-state index contributed by atoms with van der Waals surface area (Å²) < 4.78 is 6.63. The Bertz CT molecular complexity index is 1720. The van der Waals surface area contributed by atoms with E-state index in [1.54, 1.807) is 24.1 Å². The van der Waals surface area contributed by atoms with Crippen molar-refractivity contribution in [2.45, 2.75) is 25.4 Å². The smallest absolute Gasteiger partial charge is 0.247 e. The number of anilines is 4. The van der Waals surface area contributed by atoms with Crippen LogP contribution in [0.15, 0.2) is 42.6 Å². The molecule has 1 aliphatic carbocycles. The number of carbonyl (C=O) groups excluding carboxylic acids is 1. The zero-order chi connectivity index (χ0) is 28.5. The van der Waals surface area contributed by atoms with Crippen molar-refractivity contribution in [1.82, 2.24) is 24.5 Å². The number of methoxy groups -OCH3 is 1. The van der Waals surface area contributed by atoms with Crippen molar-refractivity contribution in [1.29, 1.82) is 10.5 Å². The van der Waals surface area contributed by atoms with Crippen molar-refractivity contribution in [3.63, 3.8) is 0 Å². The normalized spacial score (nSPS) is 15.4. The maximum absolute atomic E-state index is 13.3. The quantitative estimate of drug-likeness (QED) is 0.322. The summed E-state index contributed by atoms with van der Waals surface area (Å²) in [4.78, 5) is 25.8. The molecular formula is C28H25ClN10O2. The van der Waals surface area contributed by atoms with E-state index in [4.69, 9.17) is 16.3 Å². The lowest BCUT2D eigenvalue weighted by molar-refractivity contribution is -0.121. The molecule has 0 unspecified atom stereocenters. The van der Waals surface area contributed by atoms with E-state index in [0.29, 0.717) is 48.0 Å². The number of imidazole rings is 1. The lowest BCUT2D eigenvalue weighted by Gasteiger charge is -2.35. The second kappa shape index (κ2) is 10.9. The number of nitrogens with zero attached hydrogens (tertiary/aromatic N) is 8. The molecular weight excluding hydrogens is 544 g/mol. The van der Waals surface area contributed by atoms with E-state index >= 15 is 0 Å². The summed E-state index contributed by atoms with van der Waals surface area (Å²) in [5.41, 5.74) is 2.88. The van der Waals surface area contributed by atoms with Crippen molar-refractivity contribution >= 4 is 46.3 Å². The van der Waals surface area contributed by atoms with E-state index in [2.05, 4.69) is 42.7 Å². The van der Waals surface area contributed by atoms with Crippen LogP contribution in [0.5, 0.6) is 5.75 Å². The highest BCUT2D eigenvalue weighted by Gasteiger charge is 2.28. The molecule has 0 bridgehead atoms. The van der Waals surface area contributed by atoms with E-state index in [-0.39, 0.29) is 35.2 Å². The van der Waals surface area contributed by atoms with E-state index in [1.165, 1.54) is 10.7 Å². The van der Waals surface area contributed by atoms with E-state index < -0.39 is 0 Å². The first kappa shape index (κ1) is 26.3. The summed E-state index contributed by atoms with van der Waals surface area (Å²) in [5, 5.41) is 30.4. The van der Waals surface area contributed by atoms with Crippen LogP contribution in [-0.2, 0) is 11.3 Å². The number of nitriles is 2. The van der Waals surface area contributed by atoms with Gasteiger partial charge in [-0.05, 0) is 42.7 Å². The van der Waals surface area contributed by atoms with Crippen LogP contribution in [0.2, 0.25) is 5.02 Å². The van der Waals surface area contributed by atoms with Crippen LogP contribution in [0, 0.1) is 22.7 Å². The Morgan fingerprint density at radius 2 is 1.95 bits per heavy atom. The van der Waals surface area contributed by atoms with Gasteiger partial charge in [0.1, 0.15) is 11.8 Å². The molecule has 2 aromatic heterocycles. The van der Waals surface area contributed by atoms with Crippen molar-refractivity contribution in [3.8, 4) is 17.9 Å². The Morgan fingerprint density at radius 1 is 1.15 bits per heavy atom. The van der Waals surface area contributed by atoms with Gasteiger partial charge in [0, 0.05) is 25.7 Å². The first-order valence-electron chi connectivity index (χ1n) is 13.0. The molecule has 1 saturated carbocycles. The third-order valence-corrected chi connectivity index (χ3v) is 7.38. The fourth-order valence-electron chi connectivity index (χ4n) is 4.71. The molecule has 6 rings (SSSR count). The molecule has 1 saturated heterocycles. The third-order valence-electron chi connectivity index (χ3n) is 6.98. The van der Waals surface area contributed by atoms with Gasteiger partial charge in [-0.2, -0.15) is 20.0 Å². The van der Waals surface area contributed by atoms with Gasteiger partial charge in [-0.15, -0.1) is 5.10 Å². The van der Waals surface area contributed by atoms with Crippen molar-refractivity contribution in [3.05, 3.63) is 64.4 Å². The number of benzene rings is 2. The third kappa shape index (κ3) is 5.43. The highest BCUT2D eigenvalue weighted by Crippen LogP contribution is 2.37. The molecule has 13 heteroatoms. The Balaban J connectivity index is 1.26. The van der Waals surface area contributed by atoms with Crippen LogP contribution in [0.4, 0.5) is 23.1 Å². The van der Waals surface area contributed by atoms with Gasteiger partial charge in [0.05, 0.1) is 47.9 Å². The number of aromatic nitrogens is 4. The molecule has 2 fully saturated rings. The Kier molecular flexibility index (Phi) is 7.01. The van der Waals surface area contributed by atoms with Gasteiger partial charge >= 0.3 is 0 Å². The number of amides is 1. The van der Waals surface area contributed by atoms with Crippen molar-refractivity contribution < 1.29 is 9.53 Å². The van der Waals surface area contributed by atoms with E-state index in [0.717, 1.165) is 24.2 Å². The van der Waals surface area contributed by atoms with Crippen LogP contribution in [0.3, 0.4) is 0 Å². The highest BCUT2D eigenvalue weighted by atomic mass is 35.5. The number of ether oxygens (including phenoxy) is 1. The monoisotopic (exact) mass is 568 g/mol. The average molecular weight is 569 g/mol. The molecule has 4 aromatic rings. The predicted molar refractivity (Wildman–Crippen MR) is 152 cm³/mol. The lowest BCUT2D eigenvalue weighted by Crippen LogP contribution is -2.50. The molecule has 0 atom stereocenters. The highest BCUT2D eigenvalue weighted by molar-refractivity contribution is 6.36. The fraction of sp³-hybridized carbons (Fsp3) is 0.286. The number of carbonyl (C=O) groups is 1. The molecule has 41 heavy (non-hydrogen) atoms. The van der Waals surface area contributed by atoms with Gasteiger partial charge in [0.15, 0.2) is 17.2 Å². The molecule has 1 aliphatic heterocycles. The van der Waals surface area contributed by atoms with Crippen LogP contribution >= 0.6 is 11.6 Å². The Morgan fingerprint density at radius 3 is 2.63 bits per heavy atom. The zero-order valence-corrected chi connectivity index (χ0v) is 22.9. The van der Waals surface area contributed by atoms with Gasteiger partial charge in [-0.3, -0.25) is 9.69 Å². The molecule has 0 spiro atoms. The minimum atomic E-state index is -0.127. The summed E-state index contributed by atoms with van der Waals surface area (Å²) in [5.74, 6) is 1.30. The number of hydrogen-bond donors (Lipinski definition) is 2. The first-order valence-corrected chi connectivity index (χ1v) is 13.4. The first-order chi connectivity index (χ1) is 19.9. The number of nitrogens with one attached hydrogen (secondary N) is 2. The minimum Gasteiger partial charge on any atom is -0.497 e. The summed E-state index contributed by atoms with van der Waals surface area (Å²) in [6, 6.07) is 15.5. The number of fused-ring (bicyclic) bond motifs is 1. The lowest BCUT2D eigenvalue weighted by atomic mass is 10.1. The predicted octanol–water partition coefficient (Wildman–Crippen LogP) is 3.70. The minimum absolute atomic E-state index is 0.127. The molecule has 2 aliphatic rings. The largest absolute Gasteiger partial charge is 0.497 e. The SMILES string of the molecule is COc1ccc(CN2CCN(c3cc(C#N)cc(Nc4nc(NC5CC5)c5ncc(C#N)n5n4)c3Cl)C(=O)C2)cc1. The van der Waals surface area contributed by atoms with Gasteiger partial charge in [-0.1, -0.05) is 23.7 Å². The maximum Gasteiger partial charge on any atom is 0.247 e. The summed E-state index contributed by atoms with van der Waals surface area (Å²) in [6.45, 7) is 1.86. The van der Waals surface area contributed by atoms with E-state index in [9.17, 15) is 15.3 Å². The Hall–Kier alpha value is -4.91. The second-order valence-corrected chi connectivity index (χ2v) is 10.3. The number of halogens is 1. The topological polar surface area (TPSA) is 148 Å². The van der Waals surface area contributed by atoms with Crippen LogP contribution in [0.25, 0.3) is 5.65 Å². The molecule has 2 aromatic carbocycles. The maximum atomic E-state index is 13.3. The molecule has 2 N–H and O–H groups in total. The average Bonchev–Trinajstić information content (AvgIpc) is 3.70. The van der Waals surface area contributed by atoms with Gasteiger partial charge < -0.3 is 20.3 Å². The van der Waals surface area contributed by atoms with Crippen LogP contribution < -0.4 is 20.3 Å². The second-order valence-electron chi connectivity index (χ2n) is 9.89. The fourth-order valence-corrected chi connectivity index (χ4v) is 4.97. The van der Waals surface area contributed by atoms with Crippen molar-refractivity contribution in [2.24, 2.45) is 0 Å². The molecule has 3 heterocycles. The summed E-state index contributed by atoms with van der Waals surface area (Å²) in [6.07, 6.45) is 3.48. The van der Waals surface area contributed by atoms with Gasteiger partial charge in [0.2, 0.25) is 11.9 Å². The number of rotatable bonds is 8. The molecule has 1 amide bonds. The van der Waals surface area contributed by atoms with Gasteiger partial charge in [-0.25, -0.2) is 4.98 Å². The van der Waals surface area contributed by atoms with Crippen molar-refractivity contribution in [2.75, 3.05) is 42.3 Å². The van der Waals surface area contributed by atoms with Crippen LogP contribution in [0.1, 0.15) is 29.7 Å². The number of piperazine rings is 1. The Labute approximate surface area is 240 Å². The van der Waals surface area contributed by atoms with Crippen LogP contribution in [-0.4, -0.2) is 63.2 Å². The standard InChI is InChI=1S/C28H25ClN10O2/c1-41-21-6-2-17(3-7-21)15-37-8-9-38(24(40)16-37)23-11-18(12-30)10-22(25(23)29)34-28-35-26(33-19-4-5-19)27-32-14-20(13-31)39(27)36-28/h2-3,6-7,10-11,14,19H,4-5,8-9,15-16H2,1H3,(H2,33,34,35,36). The molecule has 206 valence electrons. The van der Waals surface area contributed by atoms with E-state index in [1.807, 2.05) is 24.3 Å². The summed E-state index contributed by atoms with van der Waals surface area (Å²) in [7, 11) is 1.62.